The van der Waals surface area contributed by atoms with Gasteiger partial charge in [-0.1, -0.05) is 31.1 Å². The predicted octanol–water partition coefficient (Wildman–Crippen LogP) is 5.60. The van der Waals surface area contributed by atoms with Gasteiger partial charge in [-0.3, -0.25) is 0 Å². The second-order valence-corrected chi connectivity index (χ2v) is 7.94. The van der Waals surface area contributed by atoms with Crippen molar-refractivity contribution in [3.8, 4) is 17.0 Å². The van der Waals surface area contributed by atoms with Gasteiger partial charge in [0.25, 0.3) is 0 Å². The molecule has 1 aromatic carbocycles. The number of ether oxygens (including phenoxy) is 1. The van der Waals surface area contributed by atoms with Gasteiger partial charge in [0.05, 0.1) is 16.1 Å². The zero-order chi connectivity index (χ0) is 17.8. The first-order valence-corrected chi connectivity index (χ1v) is 9.31. The molecule has 1 saturated carbocycles. The number of hydrogen-bond acceptors (Lipinski definition) is 4. The Balaban J connectivity index is 1.86. The van der Waals surface area contributed by atoms with E-state index in [0.717, 1.165) is 49.1 Å². The van der Waals surface area contributed by atoms with Crippen LogP contribution in [0.25, 0.3) is 11.3 Å². The largest absolute Gasteiger partial charge is 0.481 e. The number of halogens is 3. The summed E-state index contributed by atoms with van der Waals surface area (Å²) >= 11 is 1.40. The molecular weight excluding hydrogens is 349 g/mol. The van der Waals surface area contributed by atoms with Gasteiger partial charge in [0.15, 0.2) is 5.13 Å². The molecule has 2 heterocycles. The second-order valence-electron chi connectivity index (χ2n) is 6.91. The summed E-state index contributed by atoms with van der Waals surface area (Å²) in [6.07, 6.45) is 0.335. The third-order valence-corrected chi connectivity index (χ3v) is 6.39. The molecular formula is C18H19F3N2OS. The molecule has 1 spiro atoms. The van der Waals surface area contributed by atoms with Crippen LogP contribution in [0, 0.1) is 5.92 Å². The van der Waals surface area contributed by atoms with Crippen molar-refractivity contribution in [1.82, 2.24) is 4.98 Å². The second kappa shape index (κ2) is 5.62. The van der Waals surface area contributed by atoms with Gasteiger partial charge in [0, 0.05) is 5.56 Å². The van der Waals surface area contributed by atoms with Crippen molar-refractivity contribution >= 4 is 16.5 Å². The Morgan fingerprint density at radius 2 is 2.20 bits per heavy atom. The van der Waals surface area contributed by atoms with E-state index in [1.807, 2.05) is 0 Å². The van der Waals surface area contributed by atoms with Crippen LogP contribution < -0.4 is 10.5 Å². The number of benzene rings is 1. The average molecular weight is 368 g/mol. The van der Waals surface area contributed by atoms with E-state index in [1.165, 1.54) is 17.4 Å². The Morgan fingerprint density at radius 1 is 1.40 bits per heavy atom. The Kier molecular flexibility index (Phi) is 3.76. The quantitative estimate of drug-likeness (QED) is 0.713. The highest BCUT2D eigenvalue weighted by atomic mass is 32.1. The van der Waals surface area contributed by atoms with Gasteiger partial charge in [0.2, 0.25) is 0 Å². The molecule has 2 aliphatic rings. The molecule has 1 aliphatic heterocycles. The maximum atomic E-state index is 13.1. The molecule has 0 bridgehead atoms. The molecule has 2 aromatic rings. The fourth-order valence-electron chi connectivity index (χ4n) is 4.06. The van der Waals surface area contributed by atoms with E-state index in [-0.39, 0.29) is 5.75 Å². The van der Waals surface area contributed by atoms with Crippen molar-refractivity contribution in [2.45, 2.75) is 50.8 Å². The molecule has 1 aliphatic carbocycles. The lowest BCUT2D eigenvalue weighted by atomic mass is 9.74. The molecule has 2 atom stereocenters. The van der Waals surface area contributed by atoms with Crippen molar-refractivity contribution in [3.63, 3.8) is 0 Å². The summed E-state index contributed by atoms with van der Waals surface area (Å²) in [5, 5.41) is 0.430. The van der Waals surface area contributed by atoms with Crippen LogP contribution in [0.5, 0.6) is 5.75 Å². The lowest BCUT2D eigenvalue weighted by molar-refractivity contribution is -0.137. The zero-order valence-corrected chi connectivity index (χ0v) is 14.6. The maximum absolute atomic E-state index is 13.1. The highest BCUT2D eigenvalue weighted by Crippen LogP contribution is 2.55. The Bertz CT molecular complexity index is 817. The molecule has 0 radical (unpaired) electrons. The lowest BCUT2D eigenvalue weighted by Gasteiger charge is -2.43. The number of nitrogens with zero attached hydrogens (tertiary/aromatic N) is 1. The number of nitrogen functional groups attached to an aromatic ring is 1. The number of nitrogens with two attached hydrogens (primary N) is 1. The molecule has 0 amide bonds. The molecule has 0 saturated heterocycles. The minimum Gasteiger partial charge on any atom is -0.481 e. The topological polar surface area (TPSA) is 48.1 Å². The van der Waals surface area contributed by atoms with E-state index in [0.29, 0.717) is 22.3 Å². The van der Waals surface area contributed by atoms with Crippen molar-refractivity contribution < 1.29 is 17.9 Å². The van der Waals surface area contributed by atoms with Gasteiger partial charge in [0.1, 0.15) is 11.4 Å². The van der Waals surface area contributed by atoms with Crippen LogP contribution in [0.4, 0.5) is 18.3 Å². The molecule has 134 valence electrons. The summed E-state index contributed by atoms with van der Waals surface area (Å²) < 4.78 is 45.6. The van der Waals surface area contributed by atoms with Crippen molar-refractivity contribution in [1.29, 1.82) is 0 Å². The van der Waals surface area contributed by atoms with Gasteiger partial charge < -0.3 is 10.5 Å². The SMILES string of the molecule is CCC1CCCC2(C1)Oc1cc(C(F)(F)F)ccc1-c1nc(N)sc12. The molecule has 1 aromatic heterocycles. The number of anilines is 1. The Morgan fingerprint density at radius 3 is 2.92 bits per heavy atom. The lowest BCUT2D eigenvalue weighted by Crippen LogP contribution is -2.40. The normalized spacial score (nSPS) is 25.4. The molecule has 25 heavy (non-hydrogen) atoms. The van der Waals surface area contributed by atoms with Gasteiger partial charge in [-0.05, 0) is 43.4 Å². The molecule has 4 rings (SSSR count). The Labute approximate surface area is 148 Å². The molecule has 2 N–H and O–H groups in total. The monoisotopic (exact) mass is 368 g/mol. The van der Waals surface area contributed by atoms with Crippen LogP contribution in [0.2, 0.25) is 0 Å². The molecule has 2 unspecified atom stereocenters. The highest BCUT2D eigenvalue weighted by Gasteiger charge is 2.47. The summed E-state index contributed by atoms with van der Waals surface area (Å²) in [6, 6.07) is 3.63. The fraction of sp³-hybridized carbons (Fsp3) is 0.500. The summed E-state index contributed by atoms with van der Waals surface area (Å²) in [5.74, 6) is 0.765. The van der Waals surface area contributed by atoms with Crippen LogP contribution in [0.15, 0.2) is 18.2 Å². The van der Waals surface area contributed by atoms with E-state index < -0.39 is 17.3 Å². The molecule has 7 heteroatoms. The number of alkyl halides is 3. The average Bonchev–Trinajstić information content (AvgIpc) is 2.97. The first-order valence-electron chi connectivity index (χ1n) is 8.50. The number of aromatic nitrogens is 1. The summed E-state index contributed by atoms with van der Waals surface area (Å²) in [6.45, 7) is 2.14. The van der Waals surface area contributed by atoms with E-state index in [9.17, 15) is 13.2 Å². The number of rotatable bonds is 1. The van der Waals surface area contributed by atoms with Crippen LogP contribution in [-0.2, 0) is 11.8 Å². The van der Waals surface area contributed by atoms with Crippen LogP contribution in [0.3, 0.4) is 0 Å². The fourth-order valence-corrected chi connectivity index (χ4v) is 5.07. The summed E-state index contributed by atoms with van der Waals surface area (Å²) in [4.78, 5) is 5.39. The van der Waals surface area contributed by atoms with Crippen molar-refractivity contribution in [2.24, 2.45) is 5.92 Å². The van der Waals surface area contributed by atoms with E-state index in [4.69, 9.17) is 10.5 Å². The Hall–Kier alpha value is -1.76. The van der Waals surface area contributed by atoms with E-state index >= 15 is 0 Å². The minimum absolute atomic E-state index is 0.268. The highest BCUT2D eigenvalue weighted by molar-refractivity contribution is 7.16. The summed E-state index contributed by atoms with van der Waals surface area (Å²) in [7, 11) is 0. The zero-order valence-electron chi connectivity index (χ0n) is 13.8. The first kappa shape index (κ1) is 16.7. The standard InChI is InChI=1S/C18H19F3N2OS/c1-2-10-4-3-7-17(9-10)15-14(23-16(22)25-15)12-6-5-11(18(19,20)21)8-13(12)24-17/h5-6,8,10H,2-4,7,9H2,1H3,(H2,22,23). The smallest absolute Gasteiger partial charge is 0.416 e. The third kappa shape index (κ3) is 2.69. The van der Waals surface area contributed by atoms with Gasteiger partial charge in [-0.2, -0.15) is 13.2 Å². The molecule has 3 nitrogen and oxygen atoms in total. The van der Waals surface area contributed by atoms with Gasteiger partial charge in [-0.25, -0.2) is 4.98 Å². The number of thiazole rings is 1. The third-order valence-electron chi connectivity index (χ3n) is 5.32. The number of fused-ring (bicyclic) bond motifs is 4. The van der Waals surface area contributed by atoms with Crippen LogP contribution >= 0.6 is 11.3 Å². The first-order chi connectivity index (χ1) is 11.8. The molecule has 1 fully saturated rings. The minimum atomic E-state index is -4.40. The van der Waals surface area contributed by atoms with Gasteiger partial charge in [-0.15, -0.1) is 0 Å². The number of hydrogen-bond donors (Lipinski definition) is 1. The van der Waals surface area contributed by atoms with Crippen molar-refractivity contribution in [3.05, 3.63) is 28.6 Å². The predicted molar refractivity (Wildman–Crippen MR) is 91.5 cm³/mol. The summed E-state index contributed by atoms with van der Waals surface area (Å²) in [5.41, 5.74) is 5.94. The van der Waals surface area contributed by atoms with Crippen LogP contribution in [-0.4, -0.2) is 4.98 Å². The van der Waals surface area contributed by atoms with E-state index in [1.54, 1.807) is 0 Å². The maximum Gasteiger partial charge on any atom is 0.416 e. The van der Waals surface area contributed by atoms with Gasteiger partial charge >= 0.3 is 6.18 Å². The van der Waals surface area contributed by atoms with Crippen molar-refractivity contribution in [2.75, 3.05) is 5.73 Å². The van der Waals surface area contributed by atoms with E-state index in [2.05, 4.69) is 11.9 Å². The van der Waals surface area contributed by atoms with Crippen LogP contribution in [0.1, 0.15) is 49.5 Å².